The van der Waals surface area contributed by atoms with Crippen LogP contribution in [0.25, 0.3) is 0 Å². The molecule has 0 aliphatic heterocycles. The second-order valence-electron chi connectivity index (χ2n) is 4.68. The van der Waals surface area contributed by atoms with Crippen LogP contribution in [0, 0.1) is 3.57 Å². The van der Waals surface area contributed by atoms with Crippen LogP contribution in [0.4, 0.5) is 0 Å². The van der Waals surface area contributed by atoms with Crippen LogP contribution >= 0.6 is 67.8 Å². The maximum Gasteiger partial charge on any atom is 0.323 e. The van der Waals surface area contributed by atoms with Crippen molar-refractivity contribution < 1.29 is 19.7 Å². The molecule has 0 aromatic heterocycles. The summed E-state index contributed by atoms with van der Waals surface area (Å²) in [5.41, 5.74) is 6.58. The average Bonchev–Trinajstić information content (AvgIpc) is 2.50. The number of carboxylic acid groups (broad SMARTS) is 1. The number of halogens is 3. The second kappa shape index (κ2) is 7.70. The first-order valence-electron chi connectivity index (χ1n) is 6.35. The molecule has 5 nitrogen and oxygen atoms in total. The van der Waals surface area contributed by atoms with E-state index >= 15 is 0 Å². The molecule has 2 rings (SSSR count). The summed E-state index contributed by atoms with van der Waals surface area (Å²) in [6.07, 6.45) is 0. The molecule has 0 radical (unpaired) electrons. The molecule has 0 bridgehead atoms. The predicted octanol–water partition coefficient (Wildman–Crippen LogP) is 4.22. The van der Waals surface area contributed by atoms with E-state index in [-0.39, 0.29) is 5.75 Å². The largest absolute Gasteiger partial charge is 0.508 e. The second-order valence-corrected chi connectivity index (χ2v) is 11.3. The molecule has 0 unspecified atom stereocenters. The van der Waals surface area contributed by atoms with Gasteiger partial charge in [0, 0.05) is 0 Å². The van der Waals surface area contributed by atoms with Gasteiger partial charge in [-0.05, 0) is 64.6 Å². The number of aliphatic carboxylic acids is 1. The maximum absolute atomic E-state index is 11.2. The molecule has 0 saturated heterocycles. The minimum atomic E-state index is -1.05. The highest BCUT2D eigenvalue weighted by Crippen LogP contribution is 2.43. The number of ether oxygens (including phenoxy) is 1. The van der Waals surface area contributed by atoms with Crippen molar-refractivity contribution in [1.29, 1.82) is 0 Å². The highest BCUT2D eigenvalue weighted by Gasteiger charge is 2.38. The van der Waals surface area contributed by atoms with Crippen molar-refractivity contribution >= 4 is 73.7 Å². The molecule has 23 heavy (non-hydrogen) atoms. The molecule has 122 valence electrons. The van der Waals surface area contributed by atoms with Crippen LogP contribution in [-0.4, -0.2) is 22.2 Å². The zero-order valence-electron chi connectivity index (χ0n) is 11.5. The quantitative estimate of drug-likeness (QED) is 0.333. The minimum absolute atomic E-state index is 0.171. The van der Waals surface area contributed by atoms with Crippen molar-refractivity contribution in [3.05, 3.63) is 51.6 Å². The highest BCUT2D eigenvalue weighted by atomic mass is 127. The summed E-state index contributed by atoms with van der Waals surface area (Å²) in [5.74, 6) is 0.372. The number of carboxylic acids is 1. The van der Waals surface area contributed by atoms with Crippen LogP contribution in [0.15, 0.2) is 42.5 Å². The van der Waals surface area contributed by atoms with Gasteiger partial charge in [0.1, 0.15) is 24.7 Å². The molecule has 8 heteroatoms. The van der Waals surface area contributed by atoms with Gasteiger partial charge in [-0.3, -0.25) is 4.79 Å². The molecule has 0 aliphatic rings. The van der Waals surface area contributed by atoms with Gasteiger partial charge in [-0.25, -0.2) is 0 Å². The van der Waals surface area contributed by atoms with Crippen LogP contribution in [0.3, 0.4) is 0 Å². The molecule has 0 heterocycles. The fourth-order valence-corrected chi connectivity index (χ4v) is 3.60. The van der Waals surface area contributed by atoms with Gasteiger partial charge in [0.2, 0.25) is 0 Å². The molecular weight excluding hydrogens is 639 g/mol. The van der Waals surface area contributed by atoms with Gasteiger partial charge in [0.15, 0.2) is 0 Å². The lowest BCUT2D eigenvalue weighted by atomic mass is 10.1. The zero-order chi connectivity index (χ0) is 17.2. The van der Waals surface area contributed by atoms with Gasteiger partial charge in [-0.15, -0.1) is 0 Å². The first kappa shape index (κ1) is 19.0. The van der Waals surface area contributed by atoms with Crippen molar-refractivity contribution in [1.82, 2.24) is 0 Å². The molecule has 0 aliphatic carbocycles. The number of alkyl halides is 2. The van der Waals surface area contributed by atoms with Crippen LogP contribution in [-0.2, 0) is 6.22 Å². The molecule has 4 N–H and O–H groups in total. The number of aromatic hydroxyl groups is 1. The SMILES string of the molecule is N[C@H](C(=O)O)C(I)(I)c1ccc(Oc2ccc(O)cc2)c(I)c1. The Balaban J connectivity index is 2.27. The standard InChI is InChI=1S/C15H12I3NO4/c16-11-7-8(15(17,18)13(19)14(21)22)1-6-12(11)23-10-4-2-9(20)3-5-10/h1-7,13,20H,19H2,(H,21,22)/t13-/m1/s1. The Morgan fingerprint density at radius 1 is 1.17 bits per heavy atom. The molecule has 0 fully saturated rings. The Labute approximate surface area is 174 Å². The third-order valence-electron chi connectivity index (χ3n) is 3.04. The number of phenols is 1. The van der Waals surface area contributed by atoms with Crippen LogP contribution in [0.5, 0.6) is 17.2 Å². The van der Waals surface area contributed by atoms with Gasteiger partial charge in [0.05, 0.1) is 3.57 Å². The molecule has 0 amide bonds. The Morgan fingerprint density at radius 3 is 2.30 bits per heavy atom. The van der Waals surface area contributed by atoms with Crippen LogP contribution in [0.1, 0.15) is 5.56 Å². The van der Waals surface area contributed by atoms with Gasteiger partial charge >= 0.3 is 5.97 Å². The molecule has 1 atom stereocenters. The lowest BCUT2D eigenvalue weighted by molar-refractivity contribution is -0.138. The molecule has 2 aromatic carbocycles. The fraction of sp³-hybridized carbons (Fsp3) is 0.133. The smallest absolute Gasteiger partial charge is 0.323 e. The molecular formula is C15H12I3NO4. The Bertz CT molecular complexity index is 719. The van der Waals surface area contributed by atoms with Crippen molar-refractivity contribution in [2.24, 2.45) is 5.73 Å². The normalized spacial score (nSPS) is 12.7. The fourth-order valence-electron chi connectivity index (χ4n) is 1.77. The van der Waals surface area contributed by atoms with Gasteiger partial charge in [-0.1, -0.05) is 51.2 Å². The number of hydrogen-bond donors (Lipinski definition) is 3. The van der Waals surface area contributed by atoms with Gasteiger partial charge in [-0.2, -0.15) is 0 Å². The minimum Gasteiger partial charge on any atom is -0.508 e. The lowest BCUT2D eigenvalue weighted by Crippen LogP contribution is -2.42. The summed E-state index contributed by atoms with van der Waals surface area (Å²) in [4.78, 5) is 11.2. The molecule has 0 spiro atoms. The number of rotatable bonds is 5. The van der Waals surface area contributed by atoms with E-state index in [1.165, 1.54) is 0 Å². The Kier molecular flexibility index (Phi) is 6.35. The average molecular weight is 651 g/mol. The number of nitrogens with two attached hydrogens (primary N) is 1. The lowest BCUT2D eigenvalue weighted by Gasteiger charge is -2.25. The summed E-state index contributed by atoms with van der Waals surface area (Å²) in [6.45, 7) is 0. The Morgan fingerprint density at radius 2 is 1.78 bits per heavy atom. The van der Waals surface area contributed by atoms with E-state index in [9.17, 15) is 9.90 Å². The topological polar surface area (TPSA) is 92.8 Å². The van der Waals surface area contributed by atoms with Gasteiger partial charge in [0.25, 0.3) is 0 Å². The van der Waals surface area contributed by atoms with E-state index in [2.05, 4.69) is 22.6 Å². The monoisotopic (exact) mass is 651 g/mol. The predicted molar refractivity (Wildman–Crippen MR) is 113 cm³/mol. The van der Waals surface area contributed by atoms with Crippen molar-refractivity contribution in [2.45, 2.75) is 7.47 Å². The summed E-state index contributed by atoms with van der Waals surface area (Å²) in [7, 11) is 0. The van der Waals surface area contributed by atoms with Crippen LogP contribution in [0.2, 0.25) is 0 Å². The highest BCUT2D eigenvalue weighted by molar-refractivity contribution is 14.2. The Hall–Kier alpha value is -0.340. The first-order valence-corrected chi connectivity index (χ1v) is 9.58. The zero-order valence-corrected chi connectivity index (χ0v) is 18.0. The molecule has 2 aromatic rings. The third kappa shape index (κ3) is 4.60. The number of benzene rings is 2. The van der Waals surface area contributed by atoms with E-state index < -0.39 is 13.4 Å². The van der Waals surface area contributed by atoms with E-state index in [0.29, 0.717) is 11.5 Å². The summed E-state index contributed by atoms with van der Waals surface area (Å²) in [5, 5.41) is 18.4. The molecule has 0 saturated carbocycles. The van der Waals surface area contributed by atoms with E-state index in [1.54, 1.807) is 36.4 Å². The summed E-state index contributed by atoms with van der Waals surface area (Å²) < 4.78 is 5.84. The summed E-state index contributed by atoms with van der Waals surface area (Å²) in [6, 6.07) is 10.8. The third-order valence-corrected chi connectivity index (χ3v) is 6.47. The van der Waals surface area contributed by atoms with Crippen LogP contribution < -0.4 is 10.5 Å². The number of phenolic OH excluding ortho intramolecular Hbond substituents is 1. The number of hydrogen-bond acceptors (Lipinski definition) is 4. The maximum atomic E-state index is 11.2. The van der Waals surface area contributed by atoms with E-state index in [1.807, 2.05) is 51.2 Å². The van der Waals surface area contributed by atoms with E-state index in [4.69, 9.17) is 15.6 Å². The number of carbonyl (C=O) groups is 1. The first-order chi connectivity index (χ1) is 10.7. The van der Waals surface area contributed by atoms with Crippen molar-refractivity contribution in [3.63, 3.8) is 0 Å². The van der Waals surface area contributed by atoms with Crippen molar-refractivity contribution in [2.75, 3.05) is 0 Å². The van der Waals surface area contributed by atoms with Crippen molar-refractivity contribution in [3.8, 4) is 17.2 Å². The summed E-state index contributed by atoms with van der Waals surface area (Å²) >= 11 is 6.23. The van der Waals surface area contributed by atoms with Gasteiger partial charge < -0.3 is 20.7 Å². The van der Waals surface area contributed by atoms with E-state index in [0.717, 1.165) is 9.13 Å².